The Labute approximate surface area is 184 Å². The fourth-order valence-electron chi connectivity index (χ4n) is 4.37. The Bertz CT molecular complexity index is 1180. The Balaban J connectivity index is 1.36. The van der Waals surface area contributed by atoms with Crippen molar-refractivity contribution in [2.75, 3.05) is 32.0 Å². The van der Waals surface area contributed by atoms with Gasteiger partial charge >= 0.3 is 6.03 Å². The number of ether oxygens (including phenoxy) is 1. The number of hydrogen-bond donors (Lipinski definition) is 3. The SMILES string of the molecule is NC(=O)C1CCN(C(=O)N2CCOc3ccc(-c4cnc5nc(N)[nH]c5c4)cc3C2)CC1. The lowest BCUT2D eigenvalue weighted by atomic mass is 9.96. The van der Waals surface area contributed by atoms with E-state index < -0.39 is 0 Å². The molecule has 5 N–H and O–H groups in total. The molecule has 10 heteroatoms. The minimum Gasteiger partial charge on any atom is -0.491 e. The Morgan fingerprint density at radius 1 is 1.09 bits per heavy atom. The molecule has 0 saturated carbocycles. The Kier molecular flexibility index (Phi) is 5.04. The van der Waals surface area contributed by atoms with Crippen LogP contribution in [0.4, 0.5) is 10.7 Å². The number of carbonyl (C=O) groups is 2. The average Bonchev–Trinajstić information content (AvgIpc) is 3.04. The molecule has 2 aliphatic rings. The van der Waals surface area contributed by atoms with Crippen molar-refractivity contribution >= 4 is 29.1 Å². The largest absolute Gasteiger partial charge is 0.491 e. The van der Waals surface area contributed by atoms with E-state index in [1.165, 1.54) is 0 Å². The lowest BCUT2D eigenvalue weighted by molar-refractivity contribution is -0.123. The zero-order valence-electron chi connectivity index (χ0n) is 17.6. The van der Waals surface area contributed by atoms with Crippen LogP contribution in [0.5, 0.6) is 5.75 Å². The third-order valence-corrected chi connectivity index (χ3v) is 6.17. The second kappa shape index (κ2) is 8.03. The molecule has 0 bridgehead atoms. The first-order chi connectivity index (χ1) is 15.5. The van der Waals surface area contributed by atoms with Gasteiger partial charge in [0, 0.05) is 36.3 Å². The van der Waals surface area contributed by atoms with Crippen molar-refractivity contribution in [2.45, 2.75) is 19.4 Å². The van der Waals surface area contributed by atoms with Gasteiger partial charge in [-0.15, -0.1) is 0 Å². The van der Waals surface area contributed by atoms with E-state index in [1.54, 1.807) is 16.0 Å². The summed E-state index contributed by atoms with van der Waals surface area (Å²) in [6, 6.07) is 7.86. The normalized spacial score (nSPS) is 17.0. The van der Waals surface area contributed by atoms with Gasteiger partial charge in [0.2, 0.25) is 5.91 Å². The van der Waals surface area contributed by atoms with Crippen molar-refractivity contribution in [2.24, 2.45) is 11.7 Å². The van der Waals surface area contributed by atoms with E-state index in [2.05, 4.69) is 15.0 Å². The molecule has 0 aliphatic carbocycles. The summed E-state index contributed by atoms with van der Waals surface area (Å²) >= 11 is 0. The maximum atomic E-state index is 13.1. The molecule has 0 unspecified atom stereocenters. The lowest BCUT2D eigenvalue weighted by Gasteiger charge is -2.34. The van der Waals surface area contributed by atoms with Crippen LogP contribution in [0.1, 0.15) is 18.4 Å². The molecule has 1 saturated heterocycles. The predicted molar refractivity (Wildman–Crippen MR) is 119 cm³/mol. The van der Waals surface area contributed by atoms with Crippen molar-refractivity contribution in [1.29, 1.82) is 0 Å². The number of urea groups is 1. The maximum absolute atomic E-state index is 13.1. The van der Waals surface area contributed by atoms with Crippen molar-refractivity contribution in [3.8, 4) is 16.9 Å². The number of nitrogen functional groups attached to an aromatic ring is 1. The van der Waals surface area contributed by atoms with Crippen LogP contribution in [0, 0.1) is 5.92 Å². The number of pyridine rings is 1. The molecule has 2 aliphatic heterocycles. The van der Waals surface area contributed by atoms with Crippen LogP contribution in [0.2, 0.25) is 0 Å². The lowest BCUT2D eigenvalue weighted by Crippen LogP contribution is -2.48. The summed E-state index contributed by atoms with van der Waals surface area (Å²) in [5, 5.41) is 0. The fraction of sp³-hybridized carbons (Fsp3) is 0.364. The zero-order valence-corrected chi connectivity index (χ0v) is 17.6. The summed E-state index contributed by atoms with van der Waals surface area (Å²) in [4.78, 5) is 39.7. The van der Waals surface area contributed by atoms with Gasteiger partial charge in [0.15, 0.2) is 11.6 Å². The number of H-pyrrole nitrogens is 1. The summed E-state index contributed by atoms with van der Waals surface area (Å²) < 4.78 is 5.91. The molecule has 0 radical (unpaired) electrons. The molecule has 4 heterocycles. The van der Waals surface area contributed by atoms with Gasteiger partial charge < -0.3 is 31.0 Å². The number of benzene rings is 1. The third-order valence-electron chi connectivity index (χ3n) is 6.17. The van der Waals surface area contributed by atoms with Crippen LogP contribution in [0.3, 0.4) is 0 Å². The minimum atomic E-state index is -0.285. The summed E-state index contributed by atoms with van der Waals surface area (Å²) in [5.41, 5.74) is 15.3. The average molecular weight is 435 g/mol. The third kappa shape index (κ3) is 3.79. The number of primary amides is 1. The molecule has 3 aromatic rings. The molecule has 5 rings (SSSR count). The quantitative estimate of drug-likeness (QED) is 0.559. The second-order valence-corrected chi connectivity index (χ2v) is 8.26. The summed E-state index contributed by atoms with van der Waals surface area (Å²) in [5.74, 6) is 0.670. The smallest absolute Gasteiger partial charge is 0.320 e. The Morgan fingerprint density at radius 2 is 1.91 bits per heavy atom. The highest BCUT2D eigenvalue weighted by Gasteiger charge is 2.30. The minimum absolute atomic E-state index is 0.0363. The predicted octanol–water partition coefficient (Wildman–Crippen LogP) is 1.72. The molecule has 1 aromatic carbocycles. The summed E-state index contributed by atoms with van der Waals surface area (Å²) in [7, 11) is 0. The van der Waals surface area contributed by atoms with Crippen molar-refractivity contribution in [3.63, 3.8) is 0 Å². The number of nitrogens with two attached hydrogens (primary N) is 2. The number of aromatic nitrogens is 3. The van der Waals surface area contributed by atoms with Gasteiger partial charge in [-0.05, 0) is 36.6 Å². The molecule has 1 fully saturated rings. The van der Waals surface area contributed by atoms with Gasteiger partial charge in [-0.3, -0.25) is 4.79 Å². The fourth-order valence-corrected chi connectivity index (χ4v) is 4.37. The molecule has 166 valence electrons. The van der Waals surface area contributed by atoms with E-state index in [0.717, 1.165) is 28.0 Å². The van der Waals surface area contributed by atoms with Gasteiger partial charge in [0.1, 0.15) is 12.4 Å². The van der Waals surface area contributed by atoms with Gasteiger partial charge in [0.05, 0.1) is 18.6 Å². The van der Waals surface area contributed by atoms with E-state index >= 15 is 0 Å². The number of imidazole rings is 1. The number of carbonyl (C=O) groups excluding carboxylic acids is 2. The van der Waals surface area contributed by atoms with E-state index in [9.17, 15) is 9.59 Å². The van der Waals surface area contributed by atoms with Crippen molar-refractivity contribution in [3.05, 3.63) is 36.0 Å². The Morgan fingerprint density at radius 3 is 2.69 bits per heavy atom. The maximum Gasteiger partial charge on any atom is 0.320 e. The van der Waals surface area contributed by atoms with E-state index in [0.29, 0.717) is 57.2 Å². The number of nitrogens with one attached hydrogen (secondary N) is 1. The first-order valence-electron chi connectivity index (χ1n) is 10.7. The van der Waals surface area contributed by atoms with Gasteiger partial charge in [0.25, 0.3) is 0 Å². The van der Waals surface area contributed by atoms with Crippen molar-refractivity contribution < 1.29 is 14.3 Å². The number of piperidine rings is 1. The number of amides is 3. The number of anilines is 1. The number of nitrogens with zero attached hydrogens (tertiary/aromatic N) is 4. The van der Waals surface area contributed by atoms with Crippen LogP contribution in [-0.4, -0.2) is 62.9 Å². The standard InChI is InChI=1S/C22H25N7O3/c23-19(30)13-3-5-28(6-4-13)22(31)29-7-8-32-18-2-1-14(9-16(18)12-29)15-10-17-20(25-11-15)27-21(24)26-17/h1-2,9-11,13H,3-8,12H2,(H2,23,30)(H3,24,25,26,27). The molecular formula is C22H25N7O3. The summed E-state index contributed by atoms with van der Waals surface area (Å²) in [6.07, 6.45) is 2.98. The first-order valence-corrected chi connectivity index (χ1v) is 10.7. The number of fused-ring (bicyclic) bond motifs is 2. The topological polar surface area (TPSA) is 143 Å². The molecule has 2 aromatic heterocycles. The number of rotatable bonds is 2. The van der Waals surface area contributed by atoms with Crippen LogP contribution in [0.15, 0.2) is 30.5 Å². The zero-order chi connectivity index (χ0) is 22.2. The van der Waals surface area contributed by atoms with Crippen LogP contribution in [-0.2, 0) is 11.3 Å². The van der Waals surface area contributed by atoms with Crippen LogP contribution in [0.25, 0.3) is 22.3 Å². The van der Waals surface area contributed by atoms with Gasteiger partial charge in [-0.2, -0.15) is 4.98 Å². The number of hydrogen-bond acceptors (Lipinski definition) is 6. The molecule has 0 spiro atoms. The highest BCUT2D eigenvalue weighted by molar-refractivity contribution is 5.80. The monoisotopic (exact) mass is 435 g/mol. The number of likely N-dealkylation sites (tertiary alicyclic amines) is 1. The second-order valence-electron chi connectivity index (χ2n) is 8.26. The van der Waals surface area contributed by atoms with Crippen LogP contribution < -0.4 is 16.2 Å². The molecule has 3 amide bonds. The first kappa shape index (κ1) is 20.1. The number of aromatic amines is 1. The van der Waals surface area contributed by atoms with E-state index in [4.69, 9.17) is 16.2 Å². The van der Waals surface area contributed by atoms with Gasteiger partial charge in [-0.25, -0.2) is 9.78 Å². The highest BCUT2D eigenvalue weighted by atomic mass is 16.5. The highest BCUT2D eigenvalue weighted by Crippen LogP contribution is 2.30. The molecular weight excluding hydrogens is 410 g/mol. The van der Waals surface area contributed by atoms with Crippen LogP contribution >= 0.6 is 0 Å². The summed E-state index contributed by atoms with van der Waals surface area (Å²) in [6.45, 7) is 2.45. The van der Waals surface area contributed by atoms with Crippen molar-refractivity contribution in [1.82, 2.24) is 24.8 Å². The van der Waals surface area contributed by atoms with E-state index in [1.807, 2.05) is 24.3 Å². The molecule has 10 nitrogen and oxygen atoms in total. The molecule has 0 atom stereocenters. The Hall–Kier alpha value is -3.82. The molecule has 32 heavy (non-hydrogen) atoms. The van der Waals surface area contributed by atoms with E-state index in [-0.39, 0.29) is 17.9 Å². The van der Waals surface area contributed by atoms with Gasteiger partial charge in [-0.1, -0.05) is 6.07 Å².